The Hall–Kier alpha value is -1.20. The van der Waals surface area contributed by atoms with Gasteiger partial charge in [0.1, 0.15) is 0 Å². The van der Waals surface area contributed by atoms with Gasteiger partial charge in [-0.3, -0.25) is 4.79 Å². The highest BCUT2D eigenvalue weighted by molar-refractivity contribution is 5.77. The number of carbonyl (C=O) groups is 2. The third-order valence-electron chi connectivity index (χ3n) is 4.56. The summed E-state index contributed by atoms with van der Waals surface area (Å²) in [7, 11) is 1.38. The van der Waals surface area contributed by atoms with Crippen molar-refractivity contribution in [2.75, 3.05) is 13.7 Å². The molecule has 0 atom stereocenters. The summed E-state index contributed by atoms with van der Waals surface area (Å²) in [6.07, 6.45) is 9.24. The van der Waals surface area contributed by atoms with Crippen LogP contribution in [0.25, 0.3) is 0 Å². The molecular formula is C21H38F2O4. The predicted octanol–water partition coefficient (Wildman–Crippen LogP) is 6.07. The van der Waals surface area contributed by atoms with Crippen molar-refractivity contribution in [3.05, 3.63) is 0 Å². The molecule has 0 aromatic rings. The normalized spacial score (nSPS) is 11.6. The second-order valence-electron chi connectivity index (χ2n) is 7.63. The molecule has 0 aliphatic heterocycles. The van der Waals surface area contributed by atoms with Crippen LogP contribution in [-0.4, -0.2) is 31.6 Å². The lowest BCUT2D eigenvalue weighted by molar-refractivity contribution is -0.173. The van der Waals surface area contributed by atoms with Gasteiger partial charge in [-0.2, -0.15) is 8.78 Å². The van der Waals surface area contributed by atoms with E-state index in [9.17, 15) is 18.4 Å². The van der Waals surface area contributed by atoms with Crippen molar-refractivity contribution in [2.24, 2.45) is 5.92 Å². The minimum atomic E-state index is -3.37. The van der Waals surface area contributed by atoms with Gasteiger partial charge in [-0.05, 0) is 25.2 Å². The molecule has 0 radical (unpaired) electrons. The number of hydrogen-bond donors (Lipinski definition) is 0. The zero-order valence-corrected chi connectivity index (χ0v) is 17.4. The van der Waals surface area contributed by atoms with E-state index in [0.29, 0.717) is 25.2 Å². The Kier molecular flexibility index (Phi) is 15.1. The molecule has 0 amide bonds. The molecule has 27 heavy (non-hydrogen) atoms. The van der Waals surface area contributed by atoms with Crippen LogP contribution < -0.4 is 0 Å². The number of unbranched alkanes of at least 4 members (excludes halogenated alkanes) is 8. The standard InChI is InChI=1S/C21H38F2O4/c1-18(2)14-10-7-8-12-16-21(22,23)20(25)27-17-13-9-5-4-6-11-15-19(24)26-3/h18H,4-17H2,1-3H3. The van der Waals surface area contributed by atoms with Gasteiger partial charge >= 0.3 is 17.9 Å². The van der Waals surface area contributed by atoms with Crippen molar-refractivity contribution in [3.8, 4) is 0 Å². The Morgan fingerprint density at radius 3 is 2.04 bits per heavy atom. The fraction of sp³-hybridized carbons (Fsp3) is 0.905. The van der Waals surface area contributed by atoms with Gasteiger partial charge in [0.15, 0.2) is 0 Å². The van der Waals surface area contributed by atoms with E-state index in [2.05, 4.69) is 18.6 Å². The molecule has 0 spiro atoms. The fourth-order valence-electron chi connectivity index (χ4n) is 2.81. The lowest BCUT2D eigenvalue weighted by atomic mass is 10.0. The smallest absolute Gasteiger partial charge is 0.376 e. The zero-order valence-electron chi connectivity index (χ0n) is 17.4. The van der Waals surface area contributed by atoms with Crippen LogP contribution in [0.3, 0.4) is 0 Å². The van der Waals surface area contributed by atoms with Crippen molar-refractivity contribution in [1.82, 2.24) is 0 Å². The van der Waals surface area contributed by atoms with Gasteiger partial charge in [0.05, 0.1) is 13.7 Å². The van der Waals surface area contributed by atoms with Gasteiger partial charge in [0.2, 0.25) is 0 Å². The molecule has 0 aromatic carbocycles. The number of halogens is 2. The average molecular weight is 393 g/mol. The van der Waals surface area contributed by atoms with Crippen LogP contribution in [0.4, 0.5) is 8.78 Å². The molecule has 0 aromatic heterocycles. The molecule has 0 aliphatic rings. The lowest BCUT2D eigenvalue weighted by Gasteiger charge is -2.15. The second-order valence-corrected chi connectivity index (χ2v) is 7.63. The molecule has 0 rings (SSSR count). The van der Waals surface area contributed by atoms with Crippen LogP contribution in [-0.2, 0) is 19.1 Å². The van der Waals surface area contributed by atoms with Crippen LogP contribution in [0.5, 0.6) is 0 Å². The number of carbonyl (C=O) groups excluding carboxylic acids is 2. The first-order valence-electron chi connectivity index (χ1n) is 10.4. The van der Waals surface area contributed by atoms with E-state index in [-0.39, 0.29) is 12.6 Å². The number of rotatable bonds is 17. The number of esters is 2. The predicted molar refractivity (Wildman–Crippen MR) is 103 cm³/mol. The SMILES string of the molecule is COC(=O)CCCCCCCCOC(=O)C(F)(F)CCCCCCC(C)C. The molecule has 0 saturated carbocycles. The fourth-order valence-corrected chi connectivity index (χ4v) is 2.81. The molecule has 0 saturated heterocycles. The quantitative estimate of drug-likeness (QED) is 0.223. The van der Waals surface area contributed by atoms with Gasteiger partial charge < -0.3 is 9.47 Å². The number of ether oxygens (including phenoxy) is 2. The molecule has 0 heterocycles. The number of methoxy groups -OCH3 is 1. The summed E-state index contributed by atoms with van der Waals surface area (Å²) in [5.41, 5.74) is 0. The van der Waals surface area contributed by atoms with Gasteiger partial charge in [0, 0.05) is 12.8 Å². The van der Waals surface area contributed by atoms with E-state index in [4.69, 9.17) is 4.74 Å². The third-order valence-corrected chi connectivity index (χ3v) is 4.56. The Labute approximate surface area is 163 Å². The zero-order chi connectivity index (χ0) is 20.5. The third kappa shape index (κ3) is 15.5. The molecule has 4 nitrogen and oxygen atoms in total. The minimum Gasteiger partial charge on any atom is -0.469 e. The highest BCUT2D eigenvalue weighted by atomic mass is 19.3. The summed E-state index contributed by atoms with van der Waals surface area (Å²) >= 11 is 0. The topological polar surface area (TPSA) is 52.6 Å². The molecule has 0 fully saturated rings. The van der Waals surface area contributed by atoms with Gasteiger partial charge in [-0.1, -0.05) is 65.2 Å². The first-order valence-corrected chi connectivity index (χ1v) is 10.4. The maximum atomic E-state index is 13.8. The number of hydrogen-bond acceptors (Lipinski definition) is 4. The van der Waals surface area contributed by atoms with E-state index < -0.39 is 18.3 Å². The highest BCUT2D eigenvalue weighted by Gasteiger charge is 2.39. The van der Waals surface area contributed by atoms with Gasteiger partial charge in [0.25, 0.3) is 0 Å². The lowest BCUT2D eigenvalue weighted by Crippen LogP contribution is -2.31. The monoisotopic (exact) mass is 392 g/mol. The van der Waals surface area contributed by atoms with Crippen LogP contribution in [0.1, 0.15) is 97.3 Å². The first-order chi connectivity index (χ1) is 12.8. The molecule has 0 bridgehead atoms. The van der Waals surface area contributed by atoms with Crippen LogP contribution >= 0.6 is 0 Å². The maximum absolute atomic E-state index is 13.8. The molecule has 0 N–H and O–H groups in total. The maximum Gasteiger partial charge on any atom is 0.376 e. The summed E-state index contributed by atoms with van der Waals surface area (Å²) in [5.74, 6) is -4.31. The molecule has 160 valence electrons. The summed E-state index contributed by atoms with van der Waals surface area (Å²) in [4.78, 5) is 22.5. The molecule has 0 unspecified atom stereocenters. The molecule has 6 heteroatoms. The van der Waals surface area contributed by atoms with Crippen molar-refractivity contribution < 1.29 is 27.8 Å². The Balaban J connectivity index is 3.59. The Bertz CT molecular complexity index is 398. The van der Waals surface area contributed by atoms with E-state index in [1.807, 2.05) is 0 Å². The number of alkyl halides is 2. The van der Waals surface area contributed by atoms with Crippen molar-refractivity contribution in [1.29, 1.82) is 0 Å². The summed E-state index contributed by atoms with van der Waals surface area (Å²) in [6, 6.07) is 0. The minimum absolute atomic E-state index is 0.0466. The van der Waals surface area contributed by atoms with E-state index in [1.54, 1.807) is 0 Å². The van der Waals surface area contributed by atoms with E-state index >= 15 is 0 Å². The van der Waals surface area contributed by atoms with Gasteiger partial charge in [-0.15, -0.1) is 0 Å². The van der Waals surface area contributed by atoms with Crippen LogP contribution in [0.2, 0.25) is 0 Å². The Morgan fingerprint density at radius 2 is 1.41 bits per heavy atom. The van der Waals surface area contributed by atoms with Crippen molar-refractivity contribution in [2.45, 2.75) is 103 Å². The summed E-state index contributed by atoms with van der Waals surface area (Å²) in [5, 5.41) is 0. The van der Waals surface area contributed by atoms with Crippen molar-refractivity contribution in [3.63, 3.8) is 0 Å². The Morgan fingerprint density at radius 1 is 0.852 bits per heavy atom. The summed E-state index contributed by atoms with van der Waals surface area (Å²) in [6.45, 7) is 4.34. The van der Waals surface area contributed by atoms with E-state index in [1.165, 1.54) is 7.11 Å². The second kappa shape index (κ2) is 15.8. The largest absolute Gasteiger partial charge is 0.469 e. The van der Waals surface area contributed by atoms with Gasteiger partial charge in [-0.25, -0.2) is 4.79 Å². The molecule has 0 aliphatic carbocycles. The summed E-state index contributed by atoms with van der Waals surface area (Å²) < 4.78 is 36.8. The highest BCUT2D eigenvalue weighted by Crippen LogP contribution is 2.24. The van der Waals surface area contributed by atoms with E-state index in [0.717, 1.165) is 57.8 Å². The first kappa shape index (κ1) is 25.8. The van der Waals surface area contributed by atoms with Crippen molar-refractivity contribution >= 4 is 11.9 Å². The van der Waals surface area contributed by atoms with Crippen LogP contribution in [0, 0.1) is 5.92 Å². The average Bonchev–Trinajstić information content (AvgIpc) is 2.62. The van der Waals surface area contributed by atoms with Crippen LogP contribution in [0.15, 0.2) is 0 Å². The molecular weight excluding hydrogens is 354 g/mol.